The molecule has 0 heterocycles. The third-order valence-electron chi connectivity index (χ3n) is 1.83. The molecule has 0 aromatic rings. The van der Waals surface area contributed by atoms with Crippen LogP contribution in [0.2, 0.25) is 0 Å². The SMILES string of the molecule is C=CCNC(=O)C(C)NC(C)CS(C)=O. The van der Waals surface area contributed by atoms with Crippen LogP contribution < -0.4 is 10.6 Å². The Morgan fingerprint density at radius 1 is 1.53 bits per heavy atom. The molecule has 0 rings (SSSR count). The summed E-state index contributed by atoms with van der Waals surface area (Å²) in [4.78, 5) is 11.4. The third-order valence-corrected chi connectivity index (χ3v) is 2.80. The number of carbonyl (C=O) groups is 1. The van der Waals surface area contributed by atoms with Crippen LogP contribution in [0.3, 0.4) is 0 Å². The van der Waals surface area contributed by atoms with E-state index in [9.17, 15) is 9.00 Å². The van der Waals surface area contributed by atoms with Crippen LogP contribution in [0.4, 0.5) is 0 Å². The van der Waals surface area contributed by atoms with Gasteiger partial charge in [0.15, 0.2) is 0 Å². The summed E-state index contributed by atoms with van der Waals surface area (Å²) < 4.78 is 10.9. The molecule has 0 saturated carbocycles. The monoisotopic (exact) mass is 232 g/mol. The lowest BCUT2D eigenvalue weighted by atomic mass is 10.2. The lowest BCUT2D eigenvalue weighted by molar-refractivity contribution is -0.122. The summed E-state index contributed by atoms with van der Waals surface area (Å²) in [6.07, 6.45) is 3.29. The molecule has 0 fully saturated rings. The van der Waals surface area contributed by atoms with Crippen LogP contribution in [-0.4, -0.2) is 40.8 Å². The maximum atomic E-state index is 11.4. The van der Waals surface area contributed by atoms with Gasteiger partial charge in [0.25, 0.3) is 0 Å². The molecule has 3 unspecified atom stereocenters. The molecule has 0 spiro atoms. The van der Waals surface area contributed by atoms with Crippen molar-refractivity contribution in [1.29, 1.82) is 0 Å². The van der Waals surface area contributed by atoms with E-state index in [-0.39, 0.29) is 18.0 Å². The molecule has 2 N–H and O–H groups in total. The predicted molar refractivity (Wildman–Crippen MR) is 64.2 cm³/mol. The van der Waals surface area contributed by atoms with Gasteiger partial charge in [-0.1, -0.05) is 6.08 Å². The van der Waals surface area contributed by atoms with Crippen molar-refractivity contribution >= 4 is 16.7 Å². The van der Waals surface area contributed by atoms with Crippen molar-refractivity contribution in [2.45, 2.75) is 25.9 Å². The molecule has 0 aliphatic heterocycles. The first-order valence-corrected chi connectivity index (χ1v) is 6.64. The second-order valence-electron chi connectivity index (χ2n) is 3.56. The van der Waals surface area contributed by atoms with E-state index in [2.05, 4.69) is 17.2 Å². The van der Waals surface area contributed by atoms with Crippen molar-refractivity contribution in [3.63, 3.8) is 0 Å². The maximum absolute atomic E-state index is 11.4. The minimum atomic E-state index is -0.841. The van der Waals surface area contributed by atoms with Crippen LogP contribution in [0.1, 0.15) is 13.8 Å². The van der Waals surface area contributed by atoms with Crippen LogP contribution in [0.25, 0.3) is 0 Å². The molecule has 0 aliphatic rings. The Morgan fingerprint density at radius 3 is 2.60 bits per heavy atom. The molecule has 0 saturated heterocycles. The van der Waals surface area contributed by atoms with E-state index in [1.54, 1.807) is 19.3 Å². The summed E-state index contributed by atoms with van der Waals surface area (Å²) >= 11 is 0. The van der Waals surface area contributed by atoms with Crippen molar-refractivity contribution in [3.05, 3.63) is 12.7 Å². The molecular weight excluding hydrogens is 212 g/mol. The standard InChI is InChI=1S/C10H20N2O2S/c1-5-6-11-10(13)9(3)12-8(2)7-15(4)14/h5,8-9,12H,1,6-7H2,2-4H3,(H,11,13). The quantitative estimate of drug-likeness (QED) is 0.609. The van der Waals surface area contributed by atoms with E-state index in [1.807, 2.05) is 6.92 Å². The molecule has 0 aromatic carbocycles. The Bertz CT molecular complexity index is 244. The Labute approximate surface area is 94.0 Å². The molecule has 4 nitrogen and oxygen atoms in total. The van der Waals surface area contributed by atoms with E-state index in [4.69, 9.17) is 0 Å². The molecule has 0 aromatic heterocycles. The van der Waals surface area contributed by atoms with Gasteiger partial charge in [-0.25, -0.2) is 0 Å². The molecule has 0 aliphatic carbocycles. The van der Waals surface area contributed by atoms with Gasteiger partial charge < -0.3 is 10.6 Å². The summed E-state index contributed by atoms with van der Waals surface area (Å²) in [6.45, 7) is 7.69. The van der Waals surface area contributed by atoms with E-state index in [1.165, 1.54) is 0 Å². The molecule has 0 bridgehead atoms. The molecule has 5 heteroatoms. The molecule has 88 valence electrons. The second kappa shape index (κ2) is 7.59. The first-order valence-electron chi connectivity index (χ1n) is 4.92. The van der Waals surface area contributed by atoms with E-state index < -0.39 is 10.8 Å². The van der Waals surface area contributed by atoms with Crippen LogP contribution in [0.5, 0.6) is 0 Å². The average molecular weight is 232 g/mol. The summed E-state index contributed by atoms with van der Waals surface area (Å²) in [5.74, 6) is 0.489. The summed E-state index contributed by atoms with van der Waals surface area (Å²) in [7, 11) is -0.841. The number of hydrogen-bond donors (Lipinski definition) is 2. The zero-order chi connectivity index (χ0) is 11.8. The minimum absolute atomic E-state index is 0.0661. The van der Waals surface area contributed by atoms with Crippen LogP contribution in [0, 0.1) is 0 Å². The van der Waals surface area contributed by atoms with E-state index in [0.717, 1.165) is 0 Å². The van der Waals surface area contributed by atoms with Crippen molar-refractivity contribution in [2.75, 3.05) is 18.6 Å². The molecule has 0 radical (unpaired) electrons. The van der Waals surface area contributed by atoms with Gasteiger partial charge in [0.2, 0.25) is 5.91 Å². The Morgan fingerprint density at radius 2 is 2.13 bits per heavy atom. The number of amides is 1. The Balaban J connectivity index is 3.89. The lowest BCUT2D eigenvalue weighted by Gasteiger charge is -2.18. The lowest BCUT2D eigenvalue weighted by Crippen LogP contribution is -2.47. The van der Waals surface area contributed by atoms with Gasteiger partial charge in [0.05, 0.1) is 6.04 Å². The fourth-order valence-electron chi connectivity index (χ4n) is 1.23. The minimum Gasteiger partial charge on any atom is -0.351 e. The van der Waals surface area contributed by atoms with Crippen LogP contribution >= 0.6 is 0 Å². The summed E-state index contributed by atoms with van der Waals surface area (Å²) in [6, 6.07) is -0.205. The normalized spacial score (nSPS) is 16.5. The van der Waals surface area contributed by atoms with E-state index in [0.29, 0.717) is 12.3 Å². The average Bonchev–Trinajstić information content (AvgIpc) is 2.12. The first-order chi connectivity index (χ1) is 6.97. The van der Waals surface area contributed by atoms with Crippen molar-refractivity contribution < 1.29 is 9.00 Å². The van der Waals surface area contributed by atoms with Crippen LogP contribution in [0.15, 0.2) is 12.7 Å². The fraction of sp³-hybridized carbons (Fsp3) is 0.700. The number of rotatable bonds is 7. The topological polar surface area (TPSA) is 58.2 Å². The maximum Gasteiger partial charge on any atom is 0.237 e. The smallest absolute Gasteiger partial charge is 0.237 e. The number of nitrogens with one attached hydrogen (secondary N) is 2. The molecular formula is C10H20N2O2S. The zero-order valence-corrected chi connectivity index (χ0v) is 10.4. The van der Waals surface area contributed by atoms with Crippen molar-refractivity contribution in [3.8, 4) is 0 Å². The second-order valence-corrected chi connectivity index (χ2v) is 5.04. The van der Waals surface area contributed by atoms with Crippen molar-refractivity contribution in [1.82, 2.24) is 10.6 Å². The van der Waals surface area contributed by atoms with Gasteiger partial charge in [-0.3, -0.25) is 9.00 Å². The van der Waals surface area contributed by atoms with Gasteiger partial charge in [-0.05, 0) is 13.8 Å². The summed E-state index contributed by atoms with van der Waals surface area (Å²) in [5, 5.41) is 5.78. The third kappa shape index (κ3) is 7.27. The predicted octanol–water partition coefficient (Wildman–Crippen LogP) is 0.0337. The molecule has 15 heavy (non-hydrogen) atoms. The Hall–Kier alpha value is -0.680. The van der Waals surface area contributed by atoms with Crippen LogP contribution in [-0.2, 0) is 15.6 Å². The zero-order valence-electron chi connectivity index (χ0n) is 9.58. The largest absolute Gasteiger partial charge is 0.351 e. The first kappa shape index (κ1) is 14.3. The fourth-order valence-corrected chi connectivity index (χ4v) is 2.03. The Kier molecular flexibility index (Phi) is 7.25. The van der Waals surface area contributed by atoms with Gasteiger partial charge >= 0.3 is 0 Å². The van der Waals surface area contributed by atoms with Gasteiger partial charge in [0.1, 0.15) is 0 Å². The number of hydrogen-bond acceptors (Lipinski definition) is 3. The highest BCUT2D eigenvalue weighted by Gasteiger charge is 2.14. The summed E-state index contributed by atoms with van der Waals surface area (Å²) in [5.41, 5.74) is 0. The van der Waals surface area contributed by atoms with Gasteiger partial charge in [-0.2, -0.15) is 0 Å². The van der Waals surface area contributed by atoms with Gasteiger partial charge in [-0.15, -0.1) is 6.58 Å². The number of carbonyl (C=O) groups excluding carboxylic acids is 1. The van der Waals surface area contributed by atoms with E-state index >= 15 is 0 Å². The van der Waals surface area contributed by atoms with Crippen molar-refractivity contribution in [2.24, 2.45) is 0 Å². The van der Waals surface area contributed by atoms with Gasteiger partial charge in [0, 0.05) is 35.4 Å². The highest BCUT2D eigenvalue weighted by molar-refractivity contribution is 7.84. The highest BCUT2D eigenvalue weighted by Crippen LogP contribution is 1.90. The molecule has 1 amide bonds. The highest BCUT2D eigenvalue weighted by atomic mass is 32.2. The molecule has 3 atom stereocenters.